The zero-order chi connectivity index (χ0) is 14.0. The average molecular weight is 257 g/mol. The zero-order valence-corrected chi connectivity index (χ0v) is 11.7. The van der Waals surface area contributed by atoms with Gasteiger partial charge in [0.05, 0.1) is 12.6 Å². The molecule has 0 saturated carbocycles. The van der Waals surface area contributed by atoms with Crippen molar-refractivity contribution in [3.05, 3.63) is 34.4 Å². The number of nitrogens with one attached hydrogen (secondary N) is 1. The summed E-state index contributed by atoms with van der Waals surface area (Å²) in [5, 5.41) is 12.5. The Morgan fingerprint density at radius 3 is 2.47 bits per heavy atom. The number of amides is 1. The lowest BCUT2D eigenvalue weighted by Gasteiger charge is -2.32. The molecule has 1 atom stereocenters. The summed E-state index contributed by atoms with van der Waals surface area (Å²) in [6.45, 7) is 7.71. The number of hydrogen-bond donors (Lipinski definition) is 1. The molecule has 1 unspecified atom stereocenters. The van der Waals surface area contributed by atoms with Crippen LogP contribution in [0.1, 0.15) is 28.3 Å². The number of aryl methyl sites for hydroxylation is 3. The first-order valence-electron chi connectivity index (χ1n) is 6.52. The summed E-state index contributed by atoms with van der Waals surface area (Å²) < 4.78 is 0. The van der Waals surface area contributed by atoms with E-state index in [2.05, 4.69) is 23.5 Å². The molecule has 1 N–H and O–H groups in total. The van der Waals surface area contributed by atoms with Gasteiger partial charge in [-0.3, -0.25) is 4.79 Å². The van der Waals surface area contributed by atoms with Crippen molar-refractivity contribution in [3.8, 4) is 6.07 Å². The van der Waals surface area contributed by atoms with Gasteiger partial charge in [-0.25, -0.2) is 0 Å². The van der Waals surface area contributed by atoms with Crippen LogP contribution in [0, 0.1) is 32.1 Å². The van der Waals surface area contributed by atoms with Gasteiger partial charge in [-0.1, -0.05) is 17.7 Å². The topological polar surface area (TPSA) is 56.1 Å². The van der Waals surface area contributed by atoms with Crippen molar-refractivity contribution in [2.45, 2.75) is 26.8 Å². The Bertz CT molecular complexity index is 522. The molecular weight excluding hydrogens is 238 g/mol. The quantitative estimate of drug-likeness (QED) is 0.875. The van der Waals surface area contributed by atoms with Crippen molar-refractivity contribution in [3.63, 3.8) is 0 Å². The molecule has 0 aromatic heterocycles. The van der Waals surface area contributed by atoms with E-state index in [0.717, 1.165) is 23.2 Å². The Morgan fingerprint density at radius 1 is 1.32 bits per heavy atom. The maximum absolute atomic E-state index is 12.0. The van der Waals surface area contributed by atoms with E-state index in [1.807, 2.05) is 20.8 Å². The SMILES string of the molecule is Cc1cc(C)c(C(C#N)N2CCNCC2=O)c(C)c1. The molecule has 1 amide bonds. The molecular formula is C15H19N3O. The van der Waals surface area contributed by atoms with E-state index >= 15 is 0 Å². The van der Waals surface area contributed by atoms with Crippen LogP contribution < -0.4 is 5.32 Å². The van der Waals surface area contributed by atoms with Crippen LogP contribution in [0.3, 0.4) is 0 Å². The molecule has 0 bridgehead atoms. The fourth-order valence-electron chi connectivity index (χ4n) is 2.81. The molecule has 1 aromatic carbocycles. The van der Waals surface area contributed by atoms with Crippen molar-refractivity contribution >= 4 is 5.91 Å². The Kier molecular flexibility index (Phi) is 3.87. The number of piperazine rings is 1. The van der Waals surface area contributed by atoms with Gasteiger partial charge in [0.1, 0.15) is 6.04 Å². The van der Waals surface area contributed by atoms with Gasteiger partial charge >= 0.3 is 0 Å². The van der Waals surface area contributed by atoms with E-state index in [0.29, 0.717) is 13.1 Å². The average Bonchev–Trinajstić information content (AvgIpc) is 2.34. The molecule has 4 nitrogen and oxygen atoms in total. The van der Waals surface area contributed by atoms with Gasteiger partial charge in [-0.15, -0.1) is 0 Å². The first-order chi connectivity index (χ1) is 9.04. The lowest BCUT2D eigenvalue weighted by atomic mass is 9.93. The number of rotatable bonds is 2. The summed E-state index contributed by atoms with van der Waals surface area (Å²) in [4.78, 5) is 13.7. The van der Waals surface area contributed by atoms with Crippen LogP contribution in [0.4, 0.5) is 0 Å². The first kappa shape index (κ1) is 13.6. The molecule has 0 radical (unpaired) electrons. The molecule has 0 aliphatic carbocycles. The number of benzene rings is 1. The van der Waals surface area contributed by atoms with Crippen LogP contribution in [0.2, 0.25) is 0 Å². The minimum absolute atomic E-state index is 0.00262. The smallest absolute Gasteiger partial charge is 0.237 e. The van der Waals surface area contributed by atoms with Crippen molar-refractivity contribution < 1.29 is 4.79 Å². The van der Waals surface area contributed by atoms with Crippen molar-refractivity contribution in [1.82, 2.24) is 10.2 Å². The third-order valence-electron chi connectivity index (χ3n) is 3.57. The van der Waals surface area contributed by atoms with Gasteiger partial charge < -0.3 is 10.2 Å². The first-order valence-corrected chi connectivity index (χ1v) is 6.52. The van der Waals surface area contributed by atoms with Crippen LogP contribution in [-0.2, 0) is 4.79 Å². The maximum atomic E-state index is 12.0. The van der Waals surface area contributed by atoms with E-state index in [1.165, 1.54) is 5.56 Å². The van der Waals surface area contributed by atoms with Crippen LogP contribution >= 0.6 is 0 Å². The number of carbonyl (C=O) groups excluding carboxylic acids is 1. The van der Waals surface area contributed by atoms with E-state index in [9.17, 15) is 10.1 Å². The summed E-state index contributed by atoms with van der Waals surface area (Å²) in [6, 6.07) is 5.96. The summed E-state index contributed by atoms with van der Waals surface area (Å²) in [5.41, 5.74) is 4.32. The Balaban J connectivity index is 2.43. The van der Waals surface area contributed by atoms with Crippen molar-refractivity contribution in [2.24, 2.45) is 0 Å². The Hall–Kier alpha value is -1.86. The van der Waals surface area contributed by atoms with Crippen LogP contribution in [0.5, 0.6) is 0 Å². The number of carbonyl (C=O) groups is 1. The van der Waals surface area contributed by atoms with Crippen molar-refractivity contribution in [1.29, 1.82) is 5.26 Å². The molecule has 4 heteroatoms. The molecule has 100 valence electrons. The fraction of sp³-hybridized carbons (Fsp3) is 0.467. The van der Waals surface area contributed by atoms with Gasteiger partial charge in [0.25, 0.3) is 0 Å². The van der Waals surface area contributed by atoms with Gasteiger partial charge in [-0.2, -0.15) is 5.26 Å². The van der Waals surface area contributed by atoms with E-state index in [-0.39, 0.29) is 5.91 Å². The molecule has 1 fully saturated rings. The highest BCUT2D eigenvalue weighted by molar-refractivity contribution is 5.80. The highest BCUT2D eigenvalue weighted by Crippen LogP contribution is 2.28. The molecule has 1 saturated heterocycles. The van der Waals surface area contributed by atoms with Crippen LogP contribution in [0.25, 0.3) is 0 Å². The highest BCUT2D eigenvalue weighted by atomic mass is 16.2. The van der Waals surface area contributed by atoms with Crippen LogP contribution in [-0.4, -0.2) is 30.4 Å². The van der Waals surface area contributed by atoms with Crippen molar-refractivity contribution in [2.75, 3.05) is 19.6 Å². The largest absolute Gasteiger partial charge is 0.320 e. The number of nitrogens with zero attached hydrogens (tertiary/aromatic N) is 2. The van der Waals surface area contributed by atoms with Crippen LogP contribution in [0.15, 0.2) is 12.1 Å². The number of nitriles is 1. The molecule has 1 aliphatic heterocycles. The molecule has 19 heavy (non-hydrogen) atoms. The standard InChI is InChI=1S/C15H19N3O/c1-10-6-11(2)15(12(3)7-10)13(8-16)18-5-4-17-9-14(18)19/h6-7,13,17H,4-5,9H2,1-3H3. The van der Waals surface area contributed by atoms with E-state index < -0.39 is 6.04 Å². The molecule has 1 aliphatic rings. The highest BCUT2D eigenvalue weighted by Gasteiger charge is 2.29. The van der Waals surface area contributed by atoms with Gasteiger partial charge in [0.2, 0.25) is 5.91 Å². The normalized spacial score (nSPS) is 17.2. The lowest BCUT2D eigenvalue weighted by Crippen LogP contribution is -2.49. The number of hydrogen-bond acceptors (Lipinski definition) is 3. The van der Waals surface area contributed by atoms with E-state index in [4.69, 9.17) is 0 Å². The predicted molar refractivity (Wildman–Crippen MR) is 73.6 cm³/mol. The third-order valence-corrected chi connectivity index (χ3v) is 3.57. The van der Waals surface area contributed by atoms with Gasteiger partial charge in [-0.05, 0) is 37.5 Å². The molecule has 0 spiro atoms. The minimum atomic E-state index is -0.477. The van der Waals surface area contributed by atoms with Gasteiger partial charge in [0.15, 0.2) is 0 Å². The minimum Gasteiger partial charge on any atom is -0.320 e. The summed E-state index contributed by atoms with van der Waals surface area (Å²) in [6.07, 6.45) is 0. The molecule has 1 heterocycles. The Morgan fingerprint density at radius 2 is 1.95 bits per heavy atom. The second-order valence-corrected chi connectivity index (χ2v) is 5.11. The molecule has 2 rings (SSSR count). The third kappa shape index (κ3) is 2.61. The second-order valence-electron chi connectivity index (χ2n) is 5.11. The predicted octanol–water partition coefficient (Wildman–Crippen LogP) is 1.61. The molecule has 1 aromatic rings. The summed E-state index contributed by atoms with van der Waals surface area (Å²) in [7, 11) is 0. The Labute approximate surface area is 114 Å². The second kappa shape index (κ2) is 5.41. The summed E-state index contributed by atoms with van der Waals surface area (Å²) >= 11 is 0. The summed E-state index contributed by atoms with van der Waals surface area (Å²) in [5.74, 6) is -0.00262. The maximum Gasteiger partial charge on any atom is 0.237 e. The zero-order valence-electron chi connectivity index (χ0n) is 11.7. The monoisotopic (exact) mass is 257 g/mol. The lowest BCUT2D eigenvalue weighted by molar-refractivity contribution is -0.133. The van der Waals surface area contributed by atoms with Gasteiger partial charge in [0, 0.05) is 13.1 Å². The fourth-order valence-corrected chi connectivity index (χ4v) is 2.81. The van der Waals surface area contributed by atoms with E-state index in [1.54, 1.807) is 4.90 Å².